The smallest absolute Gasteiger partial charge is 0.238 e. The van der Waals surface area contributed by atoms with Crippen LogP contribution in [-0.4, -0.2) is 36.1 Å². The summed E-state index contributed by atoms with van der Waals surface area (Å²) in [5.74, 6) is -0.559. The molecule has 0 aliphatic carbocycles. The number of anilines is 1. The van der Waals surface area contributed by atoms with Gasteiger partial charge in [0.25, 0.3) is 0 Å². The van der Waals surface area contributed by atoms with Crippen molar-refractivity contribution in [2.45, 2.75) is 6.10 Å². The Morgan fingerprint density at radius 3 is 2.65 bits per heavy atom. The van der Waals surface area contributed by atoms with Crippen LogP contribution in [0.3, 0.4) is 0 Å². The van der Waals surface area contributed by atoms with E-state index in [-0.39, 0.29) is 24.8 Å². The number of amides is 1. The van der Waals surface area contributed by atoms with Crippen molar-refractivity contribution in [3.05, 3.63) is 64.9 Å². The zero-order chi connectivity index (χ0) is 16.8. The van der Waals surface area contributed by atoms with Crippen molar-refractivity contribution >= 4 is 23.2 Å². The lowest BCUT2D eigenvalue weighted by molar-refractivity contribution is -0.117. The maximum Gasteiger partial charge on any atom is 0.238 e. The summed E-state index contributed by atoms with van der Waals surface area (Å²) in [5.41, 5.74) is 1.23. The monoisotopic (exact) mass is 336 g/mol. The summed E-state index contributed by atoms with van der Waals surface area (Å²) in [7, 11) is 1.73. The molecule has 2 aromatic rings. The van der Waals surface area contributed by atoms with Gasteiger partial charge in [-0.1, -0.05) is 29.8 Å². The van der Waals surface area contributed by atoms with E-state index >= 15 is 0 Å². The number of hydrogen-bond donors (Lipinski definition) is 2. The van der Waals surface area contributed by atoms with Gasteiger partial charge in [-0.25, -0.2) is 4.39 Å². The van der Waals surface area contributed by atoms with E-state index in [0.717, 1.165) is 0 Å². The molecule has 0 heterocycles. The molecule has 0 saturated heterocycles. The van der Waals surface area contributed by atoms with Crippen LogP contribution in [-0.2, 0) is 4.79 Å². The second-order valence-electron chi connectivity index (χ2n) is 5.32. The lowest BCUT2D eigenvalue weighted by Crippen LogP contribution is -2.33. The molecule has 0 aliphatic heterocycles. The molecular weight excluding hydrogens is 319 g/mol. The van der Waals surface area contributed by atoms with Gasteiger partial charge in [0.2, 0.25) is 5.91 Å². The Balaban J connectivity index is 1.85. The van der Waals surface area contributed by atoms with E-state index in [1.807, 2.05) is 0 Å². The van der Waals surface area contributed by atoms with Crippen LogP contribution in [0.5, 0.6) is 0 Å². The van der Waals surface area contributed by atoms with E-state index in [9.17, 15) is 14.3 Å². The minimum absolute atomic E-state index is 0.116. The summed E-state index contributed by atoms with van der Waals surface area (Å²) in [6, 6.07) is 12.5. The van der Waals surface area contributed by atoms with E-state index in [4.69, 9.17) is 11.6 Å². The first-order chi connectivity index (χ1) is 10.9. The molecular formula is C17H18ClFN2O2. The molecule has 6 heteroatoms. The molecule has 0 fully saturated rings. The Hall–Kier alpha value is -1.95. The number of aliphatic hydroxyl groups excluding tert-OH is 1. The van der Waals surface area contributed by atoms with Crippen molar-refractivity contribution in [2.75, 3.05) is 25.5 Å². The molecule has 0 aromatic heterocycles. The summed E-state index contributed by atoms with van der Waals surface area (Å²) >= 11 is 5.86. The van der Waals surface area contributed by atoms with Crippen LogP contribution in [0.25, 0.3) is 0 Å². The fraction of sp³-hybridized carbons (Fsp3) is 0.235. The molecule has 0 radical (unpaired) electrons. The predicted molar refractivity (Wildman–Crippen MR) is 88.9 cm³/mol. The number of aliphatic hydroxyl groups is 1. The maximum absolute atomic E-state index is 12.9. The van der Waals surface area contributed by atoms with Crippen LogP contribution in [0, 0.1) is 5.82 Å². The minimum atomic E-state index is -0.792. The van der Waals surface area contributed by atoms with Crippen molar-refractivity contribution in [2.24, 2.45) is 0 Å². The summed E-state index contributed by atoms with van der Waals surface area (Å²) in [6.07, 6.45) is -0.792. The van der Waals surface area contributed by atoms with Gasteiger partial charge in [-0.3, -0.25) is 9.69 Å². The van der Waals surface area contributed by atoms with E-state index in [1.54, 1.807) is 36.2 Å². The fourth-order valence-electron chi connectivity index (χ4n) is 2.16. The summed E-state index contributed by atoms with van der Waals surface area (Å²) < 4.78 is 12.9. The summed E-state index contributed by atoms with van der Waals surface area (Å²) in [4.78, 5) is 13.7. The zero-order valence-corrected chi connectivity index (χ0v) is 13.4. The number of carbonyl (C=O) groups is 1. The number of halogens is 2. The topological polar surface area (TPSA) is 52.6 Å². The third kappa shape index (κ3) is 5.63. The Labute approximate surface area is 139 Å². The first kappa shape index (κ1) is 17.4. The molecule has 2 rings (SSSR count). The van der Waals surface area contributed by atoms with Gasteiger partial charge in [0.05, 0.1) is 12.6 Å². The van der Waals surface area contributed by atoms with Gasteiger partial charge < -0.3 is 10.4 Å². The van der Waals surface area contributed by atoms with Crippen LogP contribution in [0.15, 0.2) is 48.5 Å². The van der Waals surface area contributed by atoms with Gasteiger partial charge in [0.1, 0.15) is 5.82 Å². The van der Waals surface area contributed by atoms with E-state index in [0.29, 0.717) is 16.3 Å². The summed E-state index contributed by atoms with van der Waals surface area (Å²) in [5, 5.41) is 13.4. The number of nitrogens with one attached hydrogen (secondary N) is 1. The first-order valence-electron chi connectivity index (χ1n) is 7.11. The Kier molecular flexibility index (Phi) is 6.10. The molecule has 4 nitrogen and oxygen atoms in total. The fourth-order valence-corrected chi connectivity index (χ4v) is 2.35. The standard InChI is InChI=1S/C17H18ClFN2O2/c1-21(10-16(22)12-5-7-14(19)8-6-12)11-17(23)20-15-4-2-3-13(18)9-15/h2-9,16,22H,10-11H2,1H3,(H,20,23). The van der Waals surface area contributed by atoms with E-state index in [1.165, 1.54) is 24.3 Å². The molecule has 122 valence electrons. The highest BCUT2D eigenvalue weighted by Crippen LogP contribution is 2.16. The van der Waals surface area contributed by atoms with Crippen molar-refractivity contribution in [3.8, 4) is 0 Å². The number of nitrogens with zero attached hydrogens (tertiary/aromatic N) is 1. The molecule has 1 amide bonds. The molecule has 1 unspecified atom stereocenters. The van der Waals surface area contributed by atoms with Crippen LogP contribution < -0.4 is 5.32 Å². The second kappa shape index (κ2) is 8.06. The third-order valence-corrected chi connectivity index (χ3v) is 3.50. The quantitative estimate of drug-likeness (QED) is 0.852. The molecule has 0 saturated carbocycles. The Morgan fingerprint density at radius 2 is 2.00 bits per heavy atom. The van der Waals surface area contributed by atoms with Crippen LogP contribution in [0.4, 0.5) is 10.1 Å². The molecule has 1 atom stereocenters. The highest BCUT2D eigenvalue weighted by molar-refractivity contribution is 6.30. The number of hydrogen-bond acceptors (Lipinski definition) is 3. The van der Waals surface area contributed by atoms with Gasteiger partial charge >= 0.3 is 0 Å². The van der Waals surface area contributed by atoms with Gasteiger partial charge in [-0.05, 0) is 42.9 Å². The van der Waals surface area contributed by atoms with Gasteiger partial charge in [-0.2, -0.15) is 0 Å². The molecule has 0 bridgehead atoms. The molecule has 0 aliphatic rings. The zero-order valence-electron chi connectivity index (χ0n) is 12.7. The van der Waals surface area contributed by atoms with Gasteiger partial charge in [0.15, 0.2) is 0 Å². The Morgan fingerprint density at radius 1 is 1.30 bits per heavy atom. The van der Waals surface area contributed by atoms with Crippen molar-refractivity contribution < 1.29 is 14.3 Å². The largest absolute Gasteiger partial charge is 0.387 e. The molecule has 23 heavy (non-hydrogen) atoms. The Bertz CT molecular complexity index is 664. The lowest BCUT2D eigenvalue weighted by Gasteiger charge is -2.20. The number of carbonyl (C=O) groups excluding carboxylic acids is 1. The summed E-state index contributed by atoms with van der Waals surface area (Å²) in [6.45, 7) is 0.374. The van der Waals surface area contributed by atoms with Crippen LogP contribution in [0.2, 0.25) is 5.02 Å². The van der Waals surface area contributed by atoms with Crippen LogP contribution >= 0.6 is 11.6 Å². The number of benzene rings is 2. The van der Waals surface area contributed by atoms with Crippen LogP contribution in [0.1, 0.15) is 11.7 Å². The van der Waals surface area contributed by atoms with Crippen molar-refractivity contribution in [3.63, 3.8) is 0 Å². The highest BCUT2D eigenvalue weighted by Gasteiger charge is 2.13. The normalized spacial score (nSPS) is 12.2. The van der Waals surface area contributed by atoms with Gasteiger partial charge in [-0.15, -0.1) is 0 Å². The third-order valence-electron chi connectivity index (χ3n) is 3.26. The lowest BCUT2D eigenvalue weighted by atomic mass is 10.1. The average Bonchev–Trinajstić information content (AvgIpc) is 2.47. The maximum atomic E-state index is 12.9. The molecule has 2 N–H and O–H groups in total. The molecule has 0 spiro atoms. The second-order valence-corrected chi connectivity index (χ2v) is 5.76. The van der Waals surface area contributed by atoms with E-state index < -0.39 is 6.10 Å². The molecule has 2 aromatic carbocycles. The van der Waals surface area contributed by atoms with E-state index in [2.05, 4.69) is 5.32 Å². The highest BCUT2D eigenvalue weighted by atomic mass is 35.5. The predicted octanol–water partition coefficient (Wildman–Crippen LogP) is 3.08. The van der Waals surface area contributed by atoms with Crippen molar-refractivity contribution in [1.29, 1.82) is 0 Å². The van der Waals surface area contributed by atoms with Crippen molar-refractivity contribution in [1.82, 2.24) is 4.90 Å². The average molecular weight is 337 g/mol. The SMILES string of the molecule is CN(CC(=O)Nc1cccc(Cl)c1)CC(O)c1ccc(F)cc1. The number of rotatable bonds is 6. The first-order valence-corrected chi connectivity index (χ1v) is 7.49. The minimum Gasteiger partial charge on any atom is -0.387 e. The van der Waals surface area contributed by atoms with Gasteiger partial charge in [0, 0.05) is 17.3 Å². The number of likely N-dealkylation sites (N-methyl/N-ethyl adjacent to an activating group) is 1.